The van der Waals surface area contributed by atoms with E-state index in [0.717, 1.165) is 0 Å². The van der Waals surface area contributed by atoms with Gasteiger partial charge >= 0.3 is 5.69 Å². The van der Waals surface area contributed by atoms with Crippen molar-refractivity contribution in [3.05, 3.63) is 21.5 Å². The highest BCUT2D eigenvalue weighted by Crippen LogP contribution is 2.21. The molecule has 106 valence electrons. The number of hydrogen-bond donors (Lipinski definition) is 1. The van der Waals surface area contributed by atoms with E-state index in [2.05, 4.69) is 10.4 Å². The van der Waals surface area contributed by atoms with Crippen molar-refractivity contribution in [3.63, 3.8) is 0 Å². The Morgan fingerprint density at radius 1 is 1.58 bits per heavy atom. The number of rotatable bonds is 7. The highest BCUT2D eigenvalue weighted by Gasteiger charge is 2.28. The van der Waals surface area contributed by atoms with E-state index in [4.69, 9.17) is 4.74 Å². The first-order valence-electron chi connectivity index (χ1n) is 6.03. The van der Waals surface area contributed by atoms with E-state index in [1.807, 2.05) is 6.92 Å². The first-order valence-corrected chi connectivity index (χ1v) is 6.03. The molecule has 0 unspecified atom stereocenters. The number of ether oxygens (including phenoxy) is 1. The van der Waals surface area contributed by atoms with Gasteiger partial charge in [0.1, 0.15) is 5.69 Å². The van der Waals surface area contributed by atoms with E-state index >= 15 is 0 Å². The molecule has 1 N–H and O–H groups in total. The van der Waals surface area contributed by atoms with Crippen LogP contribution in [0.5, 0.6) is 0 Å². The lowest BCUT2D eigenvalue weighted by Gasteiger charge is -2.03. The third-order valence-corrected chi connectivity index (χ3v) is 2.66. The van der Waals surface area contributed by atoms with Crippen molar-refractivity contribution in [2.45, 2.75) is 20.3 Å². The van der Waals surface area contributed by atoms with Gasteiger partial charge in [0, 0.05) is 26.8 Å². The molecule has 0 saturated carbocycles. The molecular formula is C11H18N4O4. The highest BCUT2D eigenvalue weighted by molar-refractivity contribution is 5.96. The van der Waals surface area contributed by atoms with Crippen molar-refractivity contribution >= 4 is 11.6 Å². The number of hydrogen-bond acceptors (Lipinski definition) is 5. The molecule has 0 radical (unpaired) electrons. The summed E-state index contributed by atoms with van der Waals surface area (Å²) in [6, 6.07) is 0. The molecule has 0 aliphatic heterocycles. The summed E-state index contributed by atoms with van der Waals surface area (Å²) in [5.41, 5.74) is -0.0457. The van der Waals surface area contributed by atoms with E-state index in [1.165, 1.54) is 4.68 Å². The maximum atomic E-state index is 11.8. The zero-order valence-corrected chi connectivity index (χ0v) is 11.3. The van der Waals surface area contributed by atoms with Gasteiger partial charge < -0.3 is 10.1 Å². The standard InChI is InChI=1S/C11H18N4O4/c1-4-19-7-5-6-12-11(16)9-10(15(17)18)8(2)14(3)13-9/h4-7H2,1-3H3,(H,12,16). The molecule has 0 saturated heterocycles. The Bertz CT molecular complexity index is 470. The number of carbonyl (C=O) groups excluding carboxylic acids is 1. The molecule has 0 aromatic carbocycles. The molecule has 0 bridgehead atoms. The molecule has 1 aromatic heterocycles. The van der Waals surface area contributed by atoms with E-state index < -0.39 is 10.8 Å². The Labute approximate surface area is 110 Å². The number of nitro groups is 1. The maximum Gasteiger partial charge on any atom is 0.322 e. The second-order valence-electron chi connectivity index (χ2n) is 3.97. The van der Waals surface area contributed by atoms with Gasteiger partial charge in [0.05, 0.1) is 4.92 Å². The molecule has 1 aromatic rings. The summed E-state index contributed by atoms with van der Waals surface area (Å²) in [7, 11) is 1.56. The van der Waals surface area contributed by atoms with Crippen LogP contribution in [0, 0.1) is 17.0 Å². The van der Waals surface area contributed by atoms with Gasteiger partial charge in [-0.3, -0.25) is 19.6 Å². The van der Waals surface area contributed by atoms with Crippen LogP contribution in [0.25, 0.3) is 0 Å². The van der Waals surface area contributed by atoms with Crippen LogP contribution in [0.2, 0.25) is 0 Å². The Balaban J connectivity index is 2.67. The molecule has 0 fully saturated rings. The summed E-state index contributed by atoms with van der Waals surface area (Å²) < 4.78 is 6.45. The van der Waals surface area contributed by atoms with Crippen LogP contribution in [-0.2, 0) is 11.8 Å². The summed E-state index contributed by atoms with van der Waals surface area (Å²) in [5, 5.41) is 17.4. The molecule has 8 nitrogen and oxygen atoms in total. The fourth-order valence-electron chi connectivity index (χ4n) is 1.57. The molecule has 1 rings (SSSR count). The van der Waals surface area contributed by atoms with E-state index in [-0.39, 0.29) is 11.4 Å². The number of nitrogens with zero attached hydrogens (tertiary/aromatic N) is 3. The van der Waals surface area contributed by atoms with Crippen molar-refractivity contribution in [3.8, 4) is 0 Å². The third kappa shape index (κ3) is 3.75. The lowest BCUT2D eigenvalue weighted by atomic mass is 10.3. The van der Waals surface area contributed by atoms with Crippen LogP contribution in [0.3, 0.4) is 0 Å². The van der Waals surface area contributed by atoms with Crippen LogP contribution in [0.1, 0.15) is 29.5 Å². The molecule has 0 atom stereocenters. The van der Waals surface area contributed by atoms with Crippen LogP contribution in [-0.4, -0.2) is 40.4 Å². The topological polar surface area (TPSA) is 99.3 Å². The summed E-state index contributed by atoms with van der Waals surface area (Å²) in [4.78, 5) is 22.2. The number of amides is 1. The van der Waals surface area contributed by atoms with E-state index in [9.17, 15) is 14.9 Å². The monoisotopic (exact) mass is 270 g/mol. The van der Waals surface area contributed by atoms with E-state index in [1.54, 1.807) is 14.0 Å². The lowest BCUT2D eigenvalue weighted by molar-refractivity contribution is -0.385. The quantitative estimate of drug-likeness (QED) is 0.448. The summed E-state index contributed by atoms with van der Waals surface area (Å²) in [6.45, 7) is 5.00. The number of aryl methyl sites for hydroxylation is 1. The van der Waals surface area contributed by atoms with Gasteiger partial charge in [-0.2, -0.15) is 5.10 Å². The smallest absolute Gasteiger partial charge is 0.322 e. The number of carbonyl (C=O) groups is 1. The average Bonchev–Trinajstić information content (AvgIpc) is 2.65. The van der Waals surface area contributed by atoms with Crippen LogP contribution in [0.4, 0.5) is 5.69 Å². The largest absolute Gasteiger partial charge is 0.382 e. The predicted octanol–water partition coefficient (Wildman–Crippen LogP) is 0.793. The molecule has 1 amide bonds. The Hall–Kier alpha value is -1.96. The number of nitrogens with one attached hydrogen (secondary N) is 1. The molecule has 8 heteroatoms. The molecular weight excluding hydrogens is 252 g/mol. The zero-order valence-electron chi connectivity index (χ0n) is 11.3. The van der Waals surface area contributed by atoms with Gasteiger partial charge in [-0.25, -0.2) is 0 Å². The van der Waals surface area contributed by atoms with Gasteiger partial charge in [-0.15, -0.1) is 0 Å². The highest BCUT2D eigenvalue weighted by atomic mass is 16.6. The van der Waals surface area contributed by atoms with Crippen LogP contribution in [0.15, 0.2) is 0 Å². The maximum absolute atomic E-state index is 11.8. The Morgan fingerprint density at radius 3 is 2.84 bits per heavy atom. The van der Waals surface area contributed by atoms with Crippen molar-refractivity contribution in [2.24, 2.45) is 7.05 Å². The van der Waals surface area contributed by atoms with Gasteiger partial charge in [0.25, 0.3) is 5.91 Å². The zero-order chi connectivity index (χ0) is 14.4. The second-order valence-corrected chi connectivity index (χ2v) is 3.97. The summed E-state index contributed by atoms with van der Waals surface area (Å²) in [5.74, 6) is -0.535. The average molecular weight is 270 g/mol. The summed E-state index contributed by atoms with van der Waals surface area (Å²) in [6.07, 6.45) is 0.652. The van der Waals surface area contributed by atoms with Gasteiger partial charge in [-0.05, 0) is 20.3 Å². The lowest BCUT2D eigenvalue weighted by Crippen LogP contribution is -2.26. The Morgan fingerprint density at radius 2 is 2.26 bits per heavy atom. The normalized spacial score (nSPS) is 10.5. The number of aromatic nitrogens is 2. The van der Waals surface area contributed by atoms with Gasteiger partial charge in [0.15, 0.2) is 0 Å². The molecule has 0 aliphatic carbocycles. The molecule has 1 heterocycles. The third-order valence-electron chi connectivity index (χ3n) is 2.66. The van der Waals surface area contributed by atoms with Crippen molar-refractivity contribution in [1.82, 2.24) is 15.1 Å². The first-order chi connectivity index (χ1) is 8.99. The van der Waals surface area contributed by atoms with Crippen molar-refractivity contribution in [1.29, 1.82) is 0 Å². The minimum atomic E-state index is -0.586. The van der Waals surface area contributed by atoms with E-state index in [0.29, 0.717) is 31.9 Å². The van der Waals surface area contributed by atoms with Gasteiger partial charge in [-0.1, -0.05) is 0 Å². The predicted molar refractivity (Wildman–Crippen MR) is 68.0 cm³/mol. The van der Waals surface area contributed by atoms with Crippen LogP contribution < -0.4 is 5.32 Å². The summed E-state index contributed by atoms with van der Waals surface area (Å²) >= 11 is 0. The fraction of sp³-hybridized carbons (Fsp3) is 0.636. The van der Waals surface area contributed by atoms with Crippen molar-refractivity contribution in [2.75, 3.05) is 19.8 Å². The van der Waals surface area contributed by atoms with Gasteiger partial charge in [0.2, 0.25) is 5.69 Å². The minimum Gasteiger partial charge on any atom is -0.382 e. The first kappa shape index (κ1) is 15.1. The minimum absolute atomic E-state index is 0.151. The molecule has 0 spiro atoms. The van der Waals surface area contributed by atoms with Crippen LogP contribution >= 0.6 is 0 Å². The molecule has 19 heavy (non-hydrogen) atoms. The SMILES string of the molecule is CCOCCCNC(=O)c1nn(C)c(C)c1[N+](=O)[O-]. The second kappa shape index (κ2) is 6.83. The Kier molecular flexibility index (Phi) is 5.43. The molecule has 0 aliphatic rings. The fourth-order valence-corrected chi connectivity index (χ4v) is 1.57. The van der Waals surface area contributed by atoms with Crippen molar-refractivity contribution < 1.29 is 14.5 Å².